The van der Waals surface area contributed by atoms with E-state index in [0.717, 1.165) is 12.3 Å². The lowest BCUT2D eigenvalue weighted by Crippen LogP contribution is -2.02. The highest BCUT2D eigenvalue weighted by Gasteiger charge is 2.16. The Bertz CT molecular complexity index is 145. The number of rotatable bonds is 1. The minimum atomic E-state index is 0.706. The monoisotopic (exact) mass is 151 g/mol. The van der Waals surface area contributed by atoms with Crippen LogP contribution in [-0.4, -0.2) is 0 Å². The Kier molecular flexibility index (Phi) is 3.42. The predicted octanol–water partition coefficient (Wildman–Crippen LogP) is 3.12. The van der Waals surface area contributed by atoms with Crippen molar-refractivity contribution in [2.24, 2.45) is 11.8 Å². The summed E-state index contributed by atoms with van der Waals surface area (Å²) in [7, 11) is 0. The van der Waals surface area contributed by atoms with Gasteiger partial charge in [-0.05, 0) is 24.7 Å². The molecule has 0 heterocycles. The van der Waals surface area contributed by atoms with Gasteiger partial charge in [0.15, 0.2) is 0 Å². The molecule has 1 saturated carbocycles. The molecule has 0 saturated heterocycles. The third kappa shape index (κ3) is 2.93. The van der Waals surface area contributed by atoms with Crippen LogP contribution >= 0.6 is 0 Å². The van der Waals surface area contributed by atoms with Crippen molar-refractivity contribution in [3.63, 3.8) is 0 Å². The molecule has 1 fully saturated rings. The van der Waals surface area contributed by atoms with E-state index in [1.165, 1.54) is 32.1 Å². The lowest BCUT2D eigenvalue weighted by molar-refractivity contribution is 0.402. The second-order valence-corrected chi connectivity index (χ2v) is 3.85. The summed E-state index contributed by atoms with van der Waals surface area (Å²) >= 11 is 0. The van der Waals surface area contributed by atoms with Gasteiger partial charge in [-0.2, -0.15) is 5.26 Å². The first-order chi connectivity index (χ1) is 5.33. The average Bonchev–Trinajstić information content (AvgIpc) is 2.15. The molecule has 1 heteroatoms. The minimum absolute atomic E-state index is 0.706. The molecule has 11 heavy (non-hydrogen) atoms. The summed E-state index contributed by atoms with van der Waals surface area (Å²) in [5.74, 6) is 1.56. The van der Waals surface area contributed by atoms with Gasteiger partial charge in [-0.1, -0.05) is 26.2 Å². The Morgan fingerprint density at radius 2 is 2.09 bits per heavy atom. The summed E-state index contributed by atoms with van der Waals surface area (Å²) in [6.07, 6.45) is 7.46. The van der Waals surface area contributed by atoms with Crippen molar-refractivity contribution in [1.82, 2.24) is 0 Å². The molecule has 62 valence electrons. The lowest BCUT2D eigenvalue weighted by Gasteiger charge is -2.12. The maximum atomic E-state index is 8.55. The van der Waals surface area contributed by atoms with Crippen molar-refractivity contribution >= 4 is 0 Å². The molecule has 0 N–H and O–H groups in total. The SMILES string of the molecule is CC1CCCCC(CC#N)C1. The van der Waals surface area contributed by atoms with E-state index in [0.29, 0.717) is 5.92 Å². The molecule has 2 unspecified atom stereocenters. The number of hydrogen-bond donors (Lipinski definition) is 0. The first-order valence-corrected chi connectivity index (χ1v) is 4.70. The zero-order chi connectivity index (χ0) is 8.10. The molecule has 0 aromatic rings. The summed E-state index contributed by atoms with van der Waals surface area (Å²) < 4.78 is 0. The third-order valence-corrected chi connectivity index (χ3v) is 2.67. The fourth-order valence-electron chi connectivity index (χ4n) is 2.05. The maximum Gasteiger partial charge on any atom is 0.0624 e. The van der Waals surface area contributed by atoms with E-state index >= 15 is 0 Å². The van der Waals surface area contributed by atoms with Crippen molar-refractivity contribution in [2.45, 2.75) is 45.4 Å². The Morgan fingerprint density at radius 1 is 1.36 bits per heavy atom. The molecule has 1 rings (SSSR count). The Labute approximate surface area is 69.4 Å². The van der Waals surface area contributed by atoms with Gasteiger partial charge in [-0.25, -0.2) is 0 Å². The second-order valence-electron chi connectivity index (χ2n) is 3.85. The molecular formula is C10H17N. The molecule has 1 aliphatic rings. The molecule has 0 bridgehead atoms. The topological polar surface area (TPSA) is 23.8 Å². The van der Waals surface area contributed by atoms with Gasteiger partial charge in [0.1, 0.15) is 0 Å². The van der Waals surface area contributed by atoms with Gasteiger partial charge in [0, 0.05) is 6.42 Å². The van der Waals surface area contributed by atoms with Crippen molar-refractivity contribution in [3.05, 3.63) is 0 Å². The fraction of sp³-hybridized carbons (Fsp3) is 0.900. The zero-order valence-electron chi connectivity index (χ0n) is 7.34. The summed E-state index contributed by atoms with van der Waals surface area (Å²) in [5, 5.41) is 8.55. The van der Waals surface area contributed by atoms with E-state index < -0.39 is 0 Å². The largest absolute Gasteiger partial charge is 0.198 e. The van der Waals surface area contributed by atoms with Crippen LogP contribution < -0.4 is 0 Å². The number of nitriles is 1. The summed E-state index contributed by atoms with van der Waals surface area (Å²) in [6.45, 7) is 2.32. The van der Waals surface area contributed by atoms with Crippen molar-refractivity contribution in [1.29, 1.82) is 5.26 Å². The van der Waals surface area contributed by atoms with E-state index in [9.17, 15) is 0 Å². The minimum Gasteiger partial charge on any atom is -0.198 e. The van der Waals surface area contributed by atoms with E-state index in [1.807, 2.05) is 0 Å². The van der Waals surface area contributed by atoms with Gasteiger partial charge in [0.05, 0.1) is 6.07 Å². The Balaban J connectivity index is 2.34. The highest BCUT2D eigenvalue weighted by Crippen LogP contribution is 2.28. The molecule has 0 amide bonds. The van der Waals surface area contributed by atoms with Crippen molar-refractivity contribution in [2.75, 3.05) is 0 Å². The quantitative estimate of drug-likeness (QED) is 0.528. The fourth-order valence-corrected chi connectivity index (χ4v) is 2.05. The third-order valence-electron chi connectivity index (χ3n) is 2.67. The van der Waals surface area contributed by atoms with Crippen molar-refractivity contribution in [3.8, 4) is 6.07 Å². The van der Waals surface area contributed by atoms with Crippen LogP contribution in [0.4, 0.5) is 0 Å². The van der Waals surface area contributed by atoms with Crippen LogP contribution in [0, 0.1) is 23.2 Å². The van der Waals surface area contributed by atoms with Crippen LogP contribution in [0.15, 0.2) is 0 Å². The number of hydrogen-bond acceptors (Lipinski definition) is 1. The van der Waals surface area contributed by atoms with Gasteiger partial charge in [0.25, 0.3) is 0 Å². The Morgan fingerprint density at radius 3 is 2.82 bits per heavy atom. The highest BCUT2D eigenvalue weighted by molar-refractivity contribution is 4.78. The van der Waals surface area contributed by atoms with E-state index in [4.69, 9.17) is 5.26 Å². The van der Waals surface area contributed by atoms with E-state index in [2.05, 4.69) is 13.0 Å². The van der Waals surface area contributed by atoms with Crippen LogP contribution in [0.25, 0.3) is 0 Å². The van der Waals surface area contributed by atoms with Crippen LogP contribution in [0.5, 0.6) is 0 Å². The van der Waals surface area contributed by atoms with Gasteiger partial charge >= 0.3 is 0 Å². The molecular weight excluding hydrogens is 134 g/mol. The molecule has 2 atom stereocenters. The molecule has 0 radical (unpaired) electrons. The summed E-state index contributed by atoms with van der Waals surface area (Å²) in [6, 6.07) is 2.29. The molecule has 0 aromatic carbocycles. The number of nitrogens with zero attached hydrogens (tertiary/aromatic N) is 1. The lowest BCUT2D eigenvalue weighted by atomic mass is 9.92. The predicted molar refractivity (Wildman–Crippen MR) is 46.0 cm³/mol. The first-order valence-electron chi connectivity index (χ1n) is 4.70. The van der Waals surface area contributed by atoms with Crippen LogP contribution in [-0.2, 0) is 0 Å². The average molecular weight is 151 g/mol. The van der Waals surface area contributed by atoms with Gasteiger partial charge in [0.2, 0.25) is 0 Å². The normalized spacial score (nSPS) is 32.4. The van der Waals surface area contributed by atoms with Crippen LogP contribution in [0.2, 0.25) is 0 Å². The maximum absolute atomic E-state index is 8.55. The van der Waals surface area contributed by atoms with E-state index in [1.54, 1.807) is 0 Å². The molecule has 0 spiro atoms. The Hall–Kier alpha value is -0.510. The van der Waals surface area contributed by atoms with Gasteiger partial charge in [-0.15, -0.1) is 0 Å². The summed E-state index contributed by atoms with van der Waals surface area (Å²) in [4.78, 5) is 0. The summed E-state index contributed by atoms with van der Waals surface area (Å²) in [5.41, 5.74) is 0. The van der Waals surface area contributed by atoms with Gasteiger partial charge < -0.3 is 0 Å². The van der Waals surface area contributed by atoms with Crippen LogP contribution in [0.1, 0.15) is 45.4 Å². The first kappa shape index (κ1) is 8.59. The van der Waals surface area contributed by atoms with Crippen LogP contribution in [0.3, 0.4) is 0 Å². The highest BCUT2D eigenvalue weighted by atomic mass is 14.3. The standard InChI is InChI=1S/C10H17N/c1-9-4-2-3-5-10(8-9)6-7-11/h9-10H,2-6,8H2,1H3. The smallest absolute Gasteiger partial charge is 0.0624 e. The van der Waals surface area contributed by atoms with Crippen molar-refractivity contribution < 1.29 is 0 Å². The molecule has 1 aliphatic carbocycles. The van der Waals surface area contributed by atoms with Gasteiger partial charge in [-0.3, -0.25) is 0 Å². The second kappa shape index (κ2) is 4.38. The van der Waals surface area contributed by atoms with E-state index in [-0.39, 0.29) is 0 Å². The molecule has 0 aromatic heterocycles. The molecule has 1 nitrogen and oxygen atoms in total. The zero-order valence-corrected chi connectivity index (χ0v) is 7.34. The molecule has 0 aliphatic heterocycles.